The molecule has 8 heteroatoms. The normalized spacial score (nSPS) is 9.71. The number of non-ortho nitro benzene ring substituents is 1. The van der Waals surface area contributed by atoms with Crippen molar-refractivity contribution in [3.05, 3.63) is 38.9 Å². The number of carbonyl (C=O) groups is 2. The van der Waals surface area contributed by atoms with Gasteiger partial charge in [0.25, 0.3) is 11.6 Å². The molecule has 0 spiro atoms. The number of carbonyl (C=O) groups excluding carboxylic acids is 1. The van der Waals surface area contributed by atoms with Gasteiger partial charge in [-0.15, -0.1) is 0 Å². The second-order valence-electron chi connectivity index (χ2n) is 3.00. The van der Waals surface area contributed by atoms with E-state index in [9.17, 15) is 19.7 Å². The third kappa shape index (κ3) is 3.42. The predicted molar refractivity (Wildman–Crippen MR) is 58.1 cm³/mol. The molecule has 0 aliphatic heterocycles. The number of hydrogen-bond acceptors (Lipinski definition) is 4. The molecule has 0 atom stereocenters. The lowest BCUT2D eigenvalue weighted by Crippen LogP contribution is -2.29. The number of nitro benzene ring substituents is 1. The molecule has 1 amide bonds. The predicted octanol–water partition coefficient (Wildman–Crippen LogP) is 1.06. The number of hydrogen-bond donors (Lipinski definition) is 2. The number of nitrogens with one attached hydrogen (secondary N) is 1. The molecular formula is C9H7ClN2O5. The molecular weight excluding hydrogens is 252 g/mol. The van der Waals surface area contributed by atoms with E-state index in [0.717, 1.165) is 18.2 Å². The molecule has 1 aromatic carbocycles. The van der Waals surface area contributed by atoms with Crippen molar-refractivity contribution >= 4 is 29.2 Å². The molecule has 0 unspecified atom stereocenters. The lowest BCUT2D eigenvalue weighted by molar-refractivity contribution is -0.384. The molecule has 1 aromatic rings. The van der Waals surface area contributed by atoms with Crippen molar-refractivity contribution in [3.8, 4) is 0 Å². The molecule has 0 bridgehead atoms. The Morgan fingerprint density at radius 2 is 2.12 bits per heavy atom. The van der Waals surface area contributed by atoms with E-state index in [1.165, 1.54) is 0 Å². The average molecular weight is 259 g/mol. The van der Waals surface area contributed by atoms with Crippen molar-refractivity contribution in [2.75, 3.05) is 6.54 Å². The minimum Gasteiger partial charge on any atom is -0.480 e. The SMILES string of the molecule is O=C(O)CNC(=O)c1ccc([N+](=O)[O-])cc1Cl. The number of carboxylic acid groups (broad SMARTS) is 1. The fraction of sp³-hybridized carbons (Fsp3) is 0.111. The number of nitrogens with zero attached hydrogens (tertiary/aromatic N) is 1. The van der Waals surface area contributed by atoms with E-state index in [1.54, 1.807) is 0 Å². The van der Waals surface area contributed by atoms with Gasteiger partial charge < -0.3 is 10.4 Å². The smallest absolute Gasteiger partial charge is 0.322 e. The molecule has 0 aliphatic rings. The van der Waals surface area contributed by atoms with Crippen LogP contribution in [0, 0.1) is 10.1 Å². The van der Waals surface area contributed by atoms with Crippen molar-refractivity contribution < 1.29 is 19.6 Å². The summed E-state index contributed by atoms with van der Waals surface area (Å²) in [6, 6.07) is 3.30. The molecule has 0 radical (unpaired) electrons. The molecule has 0 aliphatic carbocycles. The van der Waals surface area contributed by atoms with Crippen LogP contribution in [0.4, 0.5) is 5.69 Å². The van der Waals surface area contributed by atoms with Crippen LogP contribution in [-0.2, 0) is 4.79 Å². The molecule has 17 heavy (non-hydrogen) atoms. The Balaban J connectivity index is 2.88. The van der Waals surface area contributed by atoms with Gasteiger partial charge in [0.1, 0.15) is 6.54 Å². The summed E-state index contributed by atoms with van der Waals surface area (Å²) in [7, 11) is 0. The average Bonchev–Trinajstić information content (AvgIpc) is 2.25. The zero-order valence-electron chi connectivity index (χ0n) is 8.34. The largest absolute Gasteiger partial charge is 0.480 e. The maximum atomic E-state index is 11.4. The number of carboxylic acids is 1. The molecule has 2 N–H and O–H groups in total. The second-order valence-corrected chi connectivity index (χ2v) is 3.40. The van der Waals surface area contributed by atoms with Gasteiger partial charge in [0.15, 0.2) is 0 Å². The maximum absolute atomic E-state index is 11.4. The van der Waals surface area contributed by atoms with Gasteiger partial charge >= 0.3 is 5.97 Å². The van der Waals surface area contributed by atoms with Gasteiger partial charge in [-0.3, -0.25) is 19.7 Å². The van der Waals surface area contributed by atoms with Gasteiger partial charge in [0.2, 0.25) is 0 Å². The summed E-state index contributed by atoms with van der Waals surface area (Å²) in [6.07, 6.45) is 0. The van der Waals surface area contributed by atoms with Gasteiger partial charge in [-0.2, -0.15) is 0 Å². The van der Waals surface area contributed by atoms with Crippen LogP contribution in [0.25, 0.3) is 0 Å². The number of rotatable bonds is 4. The monoisotopic (exact) mass is 258 g/mol. The highest BCUT2D eigenvalue weighted by Gasteiger charge is 2.15. The van der Waals surface area contributed by atoms with E-state index in [-0.39, 0.29) is 16.3 Å². The highest BCUT2D eigenvalue weighted by Crippen LogP contribution is 2.22. The Morgan fingerprint density at radius 3 is 2.59 bits per heavy atom. The van der Waals surface area contributed by atoms with Crippen LogP contribution in [0.15, 0.2) is 18.2 Å². The van der Waals surface area contributed by atoms with E-state index in [0.29, 0.717) is 0 Å². The van der Waals surface area contributed by atoms with Crippen LogP contribution < -0.4 is 5.32 Å². The fourth-order valence-corrected chi connectivity index (χ4v) is 1.31. The van der Waals surface area contributed by atoms with E-state index in [4.69, 9.17) is 16.7 Å². The number of benzene rings is 1. The number of halogens is 1. The van der Waals surface area contributed by atoms with E-state index in [2.05, 4.69) is 5.32 Å². The Labute approximate surface area is 100 Å². The van der Waals surface area contributed by atoms with Crippen LogP contribution >= 0.6 is 11.6 Å². The van der Waals surface area contributed by atoms with Crippen LogP contribution in [0.2, 0.25) is 5.02 Å². The van der Waals surface area contributed by atoms with E-state index >= 15 is 0 Å². The summed E-state index contributed by atoms with van der Waals surface area (Å²) < 4.78 is 0. The number of nitro groups is 1. The Bertz CT molecular complexity index is 488. The molecule has 0 saturated heterocycles. The zero-order valence-corrected chi connectivity index (χ0v) is 9.10. The standard InChI is InChI=1S/C9H7ClN2O5/c10-7-3-5(12(16)17)1-2-6(7)9(15)11-4-8(13)14/h1-3H,4H2,(H,11,15)(H,13,14). The van der Waals surface area contributed by atoms with E-state index in [1.807, 2.05) is 0 Å². The fourth-order valence-electron chi connectivity index (χ4n) is 1.05. The summed E-state index contributed by atoms with van der Waals surface area (Å²) in [6.45, 7) is -0.549. The summed E-state index contributed by atoms with van der Waals surface area (Å²) in [5.41, 5.74) is -0.261. The van der Waals surface area contributed by atoms with Gasteiger partial charge in [-0.1, -0.05) is 11.6 Å². The van der Waals surface area contributed by atoms with Crippen molar-refractivity contribution in [1.29, 1.82) is 0 Å². The molecule has 0 fully saturated rings. The first-order valence-electron chi connectivity index (χ1n) is 4.35. The third-order valence-electron chi connectivity index (χ3n) is 1.81. The van der Waals surface area contributed by atoms with Crippen molar-refractivity contribution in [2.45, 2.75) is 0 Å². The van der Waals surface area contributed by atoms with Gasteiger partial charge in [0.05, 0.1) is 15.5 Å². The van der Waals surface area contributed by atoms with Crippen LogP contribution in [-0.4, -0.2) is 28.5 Å². The first-order valence-corrected chi connectivity index (χ1v) is 4.73. The van der Waals surface area contributed by atoms with E-state index < -0.39 is 23.3 Å². The van der Waals surface area contributed by atoms with Gasteiger partial charge in [-0.05, 0) is 6.07 Å². The Morgan fingerprint density at radius 1 is 1.47 bits per heavy atom. The third-order valence-corrected chi connectivity index (χ3v) is 2.12. The topological polar surface area (TPSA) is 110 Å². The van der Waals surface area contributed by atoms with Crippen molar-refractivity contribution in [1.82, 2.24) is 5.32 Å². The number of aliphatic carboxylic acids is 1. The van der Waals surface area contributed by atoms with Gasteiger partial charge in [-0.25, -0.2) is 0 Å². The van der Waals surface area contributed by atoms with Crippen LogP contribution in [0.3, 0.4) is 0 Å². The maximum Gasteiger partial charge on any atom is 0.322 e. The minimum atomic E-state index is -1.20. The summed E-state index contributed by atoms with van der Waals surface area (Å²) in [5.74, 6) is -1.90. The Kier molecular flexibility index (Phi) is 4.00. The first kappa shape index (κ1) is 12.9. The lowest BCUT2D eigenvalue weighted by Gasteiger charge is -2.04. The molecule has 0 aromatic heterocycles. The van der Waals surface area contributed by atoms with Crippen molar-refractivity contribution in [3.63, 3.8) is 0 Å². The van der Waals surface area contributed by atoms with Gasteiger partial charge in [0, 0.05) is 12.1 Å². The molecule has 7 nitrogen and oxygen atoms in total. The minimum absolute atomic E-state index is 0.0153. The summed E-state index contributed by atoms with van der Waals surface area (Å²) in [5, 5.41) is 20.8. The molecule has 0 saturated carbocycles. The van der Waals surface area contributed by atoms with Crippen LogP contribution in [0.5, 0.6) is 0 Å². The molecule has 90 valence electrons. The highest BCUT2D eigenvalue weighted by atomic mass is 35.5. The quantitative estimate of drug-likeness (QED) is 0.620. The highest BCUT2D eigenvalue weighted by molar-refractivity contribution is 6.34. The first-order chi connectivity index (χ1) is 7.91. The Hall–Kier alpha value is -2.15. The molecule has 0 heterocycles. The second kappa shape index (κ2) is 5.26. The lowest BCUT2D eigenvalue weighted by atomic mass is 10.2. The molecule has 1 rings (SSSR count). The zero-order chi connectivity index (χ0) is 13.0. The van der Waals surface area contributed by atoms with Crippen LogP contribution in [0.1, 0.15) is 10.4 Å². The summed E-state index contributed by atoms with van der Waals surface area (Å²) >= 11 is 5.67. The summed E-state index contributed by atoms with van der Waals surface area (Å²) in [4.78, 5) is 31.4. The van der Waals surface area contributed by atoms with Crippen molar-refractivity contribution in [2.24, 2.45) is 0 Å². The number of amides is 1.